The van der Waals surface area contributed by atoms with Crippen LogP contribution in [0, 0.1) is 10.1 Å². The lowest BCUT2D eigenvalue weighted by molar-refractivity contribution is -0.384. The van der Waals surface area contributed by atoms with E-state index in [9.17, 15) is 18.5 Å². The molecule has 1 unspecified atom stereocenters. The van der Waals surface area contributed by atoms with Crippen LogP contribution >= 0.6 is 11.8 Å². The summed E-state index contributed by atoms with van der Waals surface area (Å²) in [4.78, 5) is 9.98. The zero-order valence-electron chi connectivity index (χ0n) is 11.7. The van der Waals surface area contributed by atoms with Gasteiger partial charge in [-0.1, -0.05) is 6.92 Å². The zero-order valence-corrected chi connectivity index (χ0v) is 13.3. The van der Waals surface area contributed by atoms with Crippen molar-refractivity contribution < 1.29 is 13.3 Å². The number of hydrazine groups is 1. The Bertz CT molecular complexity index is 606. The molecule has 0 amide bonds. The second kappa shape index (κ2) is 7.59. The van der Waals surface area contributed by atoms with Crippen LogP contribution in [0.25, 0.3) is 0 Å². The van der Waals surface area contributed by atoms with E-state index in [1.165, 1.54) is 17.8 Å². The van der Waals surface area contributed by atoms with Gasteiger partial charge in [0.2, 0.25) is 10.0 Å². The number of nitrogens with one attached hydrogen (secondary N) is 2. The average molecular weight is 334 g/mol. The molecule has 0 radical (unpaired) electrons. The second-order valence-electron chi connectivity index (χ2n) is 4.26. The van der Waals surface area contributed by atoms with E-state index in [4.69, 9.17) is 5.84 Å². The maximum Gasteiger partial charge on any atom is 0.271 e. The van der Waals surface area contributed by atoms with Crippen LogP contribution in [0.5, 0.6) is 0 Å². The lowest BCUT2D eigenvalue weighted by Gasteiger charge is -2.17. The van der Waals surface area contributed by atoms with Gasteiger partial charge in [0, 0.05) is 23.9 Å². The minimum Gasteiger partial charge on any atom is -0.323 e. The van der Waals surface area contributed by atoms with Crippen LogP contribution in [0.1, 0.15) is 13.3 Å². The highest BCUT2D eigenvalue weighted by atomic mass is 32.2. The molecule has 8 nitrogen and oxygen atoms in total. The number of hydrogen-bond donors (Lipinski definition) is 3. The first-order valence-corrected chi connectivity index (χ1v) is 8.99. The number of nitro groups is 1. The van der Waals surface area contributed by atoms with Gasteiger partial charge < -0.3 is 5.43 Å². The van der Waals surface area contributed by atoms with Crippen LogP contribution in [0.3, 0.4) is 0 Å². The van der Waals surface area contributed by atoms with E-state index < -0.39 is 14.9 Å². The van der Waals surface area contributed by atoms with Crippen LogP contribution < -0.4 is 16.0 Å². The zero-order chi connectivity index (χ0) is 16.0. The van der Waals surface area contributed by atoms with Crippen molar-refractivity contribution in [1.29, 1.82) is 0 Å². The largest absolute Gasteiger partial charge is 0.323 e. The summed E-state index contributed by atoms with van der Waals surface area (Å²) in [7, 11) is -3.81. The van der Waals surface area contributed by atoms with Crippen molar-refractivity contribution in [1.82, 2.24) is 4.72 Å². The van der Waals surface area contributed by atoms with Crippen LogP contribution in [0.15, 0.2) is 23.1 Å². The van der Waals surface area contributed by atoms with Crippen molar-refractivity contribution in [3.63, 3.8) is 0 Å². The first-order chi connectivity index (χ1) is 9.85. The molecular weight excluding hydrogens is 316 g/mol. The highest BCUT2D eigenvalue weighted by Crippen LogP contribution is 2.26. The number of nitrogen functional groups attached to an aromatic ring is 1. The Labute approximate surface area is 127 Å². The molecule has 0 heterocycles. The molecule has 4 N–H and O–H groups in total. The van der Waals surface area contributed by atoms with E-state index in [0.29, 0.717) is 12.2 Å². The standard InChI is InChI=1S/C11H18N4O4S2/c1-3-8(7-20-2)14-21(18,19)11-5-4-9(15(16)17)6-10(11)13-12/h4-6,8,13-14H,3,7,12H2,1-2H3. The van der Waals surface area contributed by atoms with E-state index in [-0.39, 0.29) is 22.3 Å². The molecule has 0 bridgehead atoms. The Morgan fingerprint density at radius 3 is 2.62 bits per heavy atom. The van der Waals surface area contributed by atoms with Crippen LogP contribution in [0.2, 0.25) is 0 Å². The highest BCUT2D eigenvalue weighted by Gasteiger charge is 2.23. The molecule has 0 aliphatic carbocycles. The summed E-state index contributed by atoms with van der Waals surface area (Å²) in [6.45, 7) is 1.88. The lowest BCUT2D eigenvalue weighted by atomic mass is 10.3. The normalized spacial score (nSPS) is 12.9. The van der Waals surface area contributed by atoms with Crippen LogP contribution in [-0.2, 0) is 10.0 Å². The number of hydrogen-bond acceptors (Lipinski definition) is 7. The molecule has 0 aliphatic heterocycles. The third-order valence-corrected chi connectivity index (χ3v) is 5.12. The highest BCUT2D eigenvalue weighted by molar-refractivity contribution is 7.98. The number of thioether (sulfide) groups is 1. The maximum absolute atomic E-state index is 12.4. The van der Waals surface area contributed by atoms with E-state index in [1.807, 2.05) is 13.2 Å². The van der Waals surface area contributed by atoms with Gasteiger partial charge in [-0.3, -0.25) is 16.0 Å². The van der Waals surface area contributed by atoms with Gasteiger partial charge in [0.05, 0.1) is 10.6 Å². The van der Waals surface area contributed by atoms with Gasteiger partial charge in [0.15, 0.2) is 0 Å². The summed E-state index contributed by atoms with van der Waals surface area (Å²) in [5.41, 5.74) is 1.94. The lowest BCUT2D eigenvalue weighted by Crippen LogP contribution is -2.36. The Morgan fingerprint density at radius 1 is 1.48 bits per heavy atom. The quantitative estimate of drug-likeness (QED) is 0.371. The Kier molecular flexibility index (Phi) is 6.40. The fraction of sp³-hybridized carbons (Fsp3) is 0.455. The molecule has 0 saturated heterocycles. The number of non-ortho nitro benzene ring substituents is 1. The molecule has 1 rings (SSSR count). The van der Waals surface area contributed by atoms with Gasteiger partial charge in [-0.15, -0.1) is 0 Å². The number of nitrogens with zero attached hydrogens (tertiary/aromatic N) is 1. The molecule has 0 fully saturated rings. The molecule has 118 valence electrons. The van der Waals surface area contributed by atoms with Gasteiger partial charge in [-0.05, 0) is 18.7 Å². The van der Waals surface area contributed by atoms with Gasteiger partial charge in [0.1, 0.15) is 4.90 Å². The Balaban J connectivity index is 3.15. The third kappa shape index (κ3) is 4.56. The van der Waals surface area contributed by atoms with Crippen molar-refractivity contribution in [2.24, 2.45) is 5.84 Å². The molecule has 1 atom stereocenters. The van der Waals surface area contributed by atoms with Gasteiger partial charge in [0.25, 0.3) is 5.69 Å². The molecule has 0 aromatic heterocycles. The summed E-state index contributed by atoms with van der Waals surface area (Å²) >= 11 is 1.53. The molecule has 1 aromatic rings. The van der Waals surface area contributed by atoms with Crippen molar-refractivity contribution in [2.75, 3.05) is 17.4 Å². The van der Waals surface area contributed by atoms with E-state index in [1.54, 1.807) is 0 Å². The summed E-state index contributed by atoms with van der Waals surface area (Å²) in [5.74, 6) is 5.90. The van der Waals surface area contributed by atoms with Gasteiger partial charge in [-0.2, -0.15) is 11.8 Å². The molecular formula is C11H18N4O4S2. The fourth-order valence-corrected chi connectivity index (χ4v) is 4.00. The second-order valence-corrected chi connectivity index (χ2v) is 6.86. The van der Waals surface area contributed by atoms with Crippen molar-refractivity contribution >= 4 is 33.2 Å². The minimum atomic E-state index is -3.81. The number of nitro benzene ring substituents is 1. The Morgan fingerprint density at radius 2 is 2.14 bits per heavy atom. The van der Waals surface area contributed by atoms with E-state index in [0.717, 1.165) is 12.1 Å². The number of nitrogens with two attached hydrogens (primary N) is 1. The molecule has 21 heavy (non-hydrogen) atoms. The smallest absolute Gasteiger partial charge is 0.271 e. The molecule has 0 spiro atoms. The van der Waals surface area contributed by atoms with Crippen LogP contribution in [-0.4, -0.2) is 31.4 Å². The molecule has 0 saturated carbocycles. The van der Waals surface area contributed by atoms with E-state index in [2.05, 4.69) is 10.1 Å². The van der Waals surface area contributed by atoms with Gasteiger partial charge in [-0.25, -0.2) is 13.1 Å². The molecule has 10 heteroatoms. The third-order valence-electron chi connectivity index (χ3n) is 2.80. The monoisotopic (exact) mass is 334 g/mol. The molecule has 1 aromatic carbocycles. The molecule has 0 aliphatic rings. The van der Waals surface area contributed by atoms with E-state index >= 15 is 0 Å². The van der Waals surface area contributed by atoms with Crippen molar-refractivity contribution in [3.05, 3.63) is 28.3 Å². The SMILES string of the molecule is CCC(CSC)NS(=O)(=O)c1ccc([N+](=O)[O-])cc1NN. The summed E-state index contributed by atoms with van der Waals surface area (Å²) in [5, 5.41) is 10.7. The number of rotatable bonds is 8. The predicted molar refractivity (Wildman–Crippen MR) is 83.7 cm³/mol. The maximum atomic E-state index is 12.4. The summed E-state index contributed by atoms with van der Waals surface area (Å²) < 4.78 is 27.3. The number of anilines is 1. The first kappa shape index (κ1) is 17.7. The summed E-state index contributed by atoms with van der Waals surface area (Å²) in [6, 6.07) is 3.17. The topological polar surface area (TPSA) is 127 Å². The van der Waals surface area contributed by atoms with Gasteiger partial charge >= 0.3 is 0 Å². The number of benzene rings is 1. The number of sulfonamides is 1. The average Bonchev–Trinajstić information content (AvgIpc) is 2.45. The summed E-state index contributed by atoms with van der Waals surface area (Å²) in [6.07, 6.45) is 2.52. The van der Waals surface area contributed by atoms with Crippen LogP contribution in [0.4, 0.5) is 11.4 Å². The predicted octanol–water partition coefficient (Wildman–Crippen LogP) is 1.30. The van der Waals surface area contributed by atoms with Crippen molar-refractivity contribution in [3.8, 4) is 0 Å². The fourth-order valence-electron chi connectivity index (χ4n) is 1.70. The first-order valence-electron chi connectivity index (χ1n) is 6.12. The Hall–Kier alpha value is -1.36. The van der Waals surface area contributed by atoms with Crippen molar-refractivity contribution in [2.45, 2.75) is 24.3 Å². The minimum absolute atomic E-state index is 0.0179.